The lowest BCUT2D eigenvalue weighted by atomic mass is 9.99. The van der Waals surface area contributed by atoms with Crippen molar-refractivity contribution in [3.8, 4) is 0 Å². The van der Waals surface area contributed by atoms with Crippen molar-refractivity contribution in [3.05, 3.63) is 0 Å². The van der Waals surface area contributed by atoms with Gasteiger partial charge in [-0.3, -0.25) is 0 Å². The molecular weight excluding hydrogens is 390 g/mol. The van der Waals surface area contributed by atoms with Gasteiger partial charge in [0.1, 0.15) is 0 Å². The Bertz CT molecular complexity index is 290. The van der Waals surface area contributed by atoms with Crippen molar-refractivity contribution < 1.29 is 0 Å². The van der Waals surface area contributed by atoms with Crippen molar-refractivity contribution in [2.75, 3.05) is 14.1 Å². The van der Waals surface area contributed by atoms with E-state index in [0.717, 1.165) is 24.2 Å². The van der Waals surface area contributed by atoms with Crippen LogP contribution >= 0.6 is 49.6 Å². The molecular formula is C16H36Cl4N4. The van der Waals surface area contributed by atoms with Crippen molar-refractivity contribution in [1.82, 2.24) is 9.80 Å². The van der Waals surface area contributed by atoms with Gasteiger partial charge in [0.25, 0.3) is 0 Å². The van der Waals surface area contributed by atoms with Gasteiger partial charge in [-0.05, 0) is 65.5 Å². The molecule has 4 nitrogen and oxygen atoms in total. The summed E-state index contributed by atoms with van der Waals surface area (Å²) >= 11 is 0. The molecule has 0 aliphatic carbocycles. The Balaban J connectivity index is 0. The fourth-order valence-corrected chi connectivity index (χ4v) is 4.91. The Morgan fingerprint density at radius 3 is 0.958 bits per heavy atom. The number of hydrogen-bond acceptors (Lipinski definition) is 4. The predicted octanol–water partition coefficient (Wildman–Crippen LogP) is 2.83. The van der Waals surface area contributed by atoms with Gasteiger partial charge in [-0.25, -0.2) is 0 Å². The van der Waals surface area contributed by atoms with E-state index in [-0.39, 0.29) is 49.6 Å². The van der Waals surface area contributed by atoms with E-state index in [9.17, 15) is 0 Å². The second-order valence-corrected chi connectivity index (χ2v) is 7.56. The normalized spacial score (nSPS) is 40.0. The Kier molecular flexibility index (Phi) is 13.2. The first kappa shape index (κ1) is 27.2. The first-order valence-corrected chi connectivity index (χ1v) is 8.49. The van der Waals surface area contributed by atoms with Crippen LogP contribution in [0.1, 0.15) is 51.4 Å². The number of rotatable bonds is 0. The Morgan fingerprint density at radius 2 is 0.750 bits per heavy atom. The van der Waals surface area contributed by atoms with Crippen LogP contribution in [-0.4, -0.2) is 60.1 Å². The summed E-state index contributed by atoms with van der Waals surface area (Å²) in [6.07, 6.45) is 10.5. The van der Waals surface area contributed by atoms with Crippen LogP contribution in [0, 0.1) is 0 Å². The van der Waals surface area contributed by atoms with Gasteiger partial charge in [-0.2, -0.15) is 0 Å². The highest BCUT2D eigenvalue weighted by atomic mass is 35.5. The van der Waals surface area contributed by atoms with Crippen LogP contribution in [0.15, 0.2) is 0 Å². The summed E-state index contributed by atoms with van der Waals surface area (Å²) in [7, 11) is 4.49. The molecule has 0 amide bonds. The minimum atomic E-state index is 0. The van der Waals surface area contributed by atoms with Crippen molar-refractivity contribution in [2.24, 2.45) is 11.5 Å². The van der Waals surface area contributed by atoms with Gasteiger partial charge in [-0.1, -0.05) is 0 Å². The molecule has 4 atom stereocenters. The van der Waals surface area contributed by atoms with E-state index >= 15 is 0 Å². The molecule has 4 rings (SSSR count). The Labute approximate surface area is 172 Å². The Hall–Kier alpha value is 1.00. The van der Waals surface area contributed by atoms with E-state index < -0.39 is 0 Å². The summed E-state index contributed by atoms with van der Waals surface area (Å²) in [6.45, 7) is 0. The monoisotopic (exact) mass is 424 g/mol. The lowest BCUT2D eigenvalue weighted by molar-refractivity contribution is 0.163. The van der Waals surface area contributed by atoms with Crippen LogP contribution < -0.4 is 11.5 Å². The zero-order chi connectivity index (χ0) is 14.3. The number of hydrogen-bond donors (Lipinski definition) is 2. The highest BCUT2D eigenvalue weighted by Crippen LogP contribution is 2.33. The van der Waals surface area contributed by atoms with Gasteiger partial charge in [0.15, 0.2) is 0 Å². The van der Waals surface area contributed by atoms with E-state index in [1.165, 1.54) is 51.4 Å². The molecule has 0 spiro atoms. The summed E-state index contributed by atoms with van der Waals surface area (Å²) in [6, 6.07) is 4.24. The summed E-state index contributed by atoms with van der Waals surface area (Å²) in [5.74, 6) is 0. The van der Waals surface area contributed by atoms with Gasteiger partial charge in [0.05, 0.1) is 0 Å². The van der Waals surface area contributed by atoms with Crippen molar-refractivity contribution in [2.45, 2.75) is 87.6 Å². The average Bonchev–Trinajstić information content (AvgIpc) is 2.77. The number of halogens is 4. The molecule has 0 aromatic carbocycles. The predicted molar refractivity (Wildman–Crippen MR) is 113 cm³/mol. The largest absolute Gasteiger partial charge is 0.328 e. The second-order valence-electron chi connectivity index (χ2n) is 7.56. The van der Waals surface area contributed by atoms with Gasteiger partial charge < -0.3 is 21.3 Å². The molecule has 148 valence electrons. The number of nitrogens with zero attached hydrogens (tertiary/aromatic N) is 2. The van der Waals surface area contributed by atoms with Gasteiger partial charge in [-0.15, -0.1) is 49.6 Å². The molecule has 4 fully saturated rings. The smallest absolute Gasteiger partial charge is 0.0110 e. The molecule has 4 aliphatic rings. The second kappa shape index (κ2) is 11.7. The molecule has 8 heteroatoms. The first-order chi connectivity index (χ1) is 9.54. The summed E-state index contributed by atoms with van der Waals surface area (Å²) in [4.78, 5) is 5.03. The maximum absolute atomic E-state index is 5.89. The van der Waals surface area contributed by atoms with E-state index in [4.69, 9.17) is 11.5 Å². The molecule has 4 heterocycles. The summed E-state index contributed by atoms with van der Waals surface area (Å²) in [5, 5.41) is 0. The van der Waals surface area contributed by atoms with Crippen molar-refractivity contribution in [1.29, 1.82) is 0 Å². The zero-order valence-electron chi connectivity index (χ0n) is 14.8. The quantitative estimate of drug-likeness (QED) is 0.626. The van der Waals surface area contributed by atoms with E-state index in [0.29, 0.717) is 12.1 Å². The maximum atomic E-state index is 5.89. The molecule has 0 saturated carbocycles. The van der Waals surface area contributed by atoms with Crippen LogP contribution in [0.5, 0.6) is 0 Å². The fraction of sp³-hybridized carbons (Fsp3) is 1.00. The molecule has 0 aromatic heterocycles. The average molecular weight is 426 g/mol. The highest BCUT2D eigenvalue weighted by molar-refractivity contribution is 5.86. The number of nitrogens with two attached hydrogens (primary N) is 2. The molecule has 4 aliphatic heterocycles. The molecule has 4 saturated heterocycles. The van der Waals surface area contributed by atoms with E-state index in [2.05, 4.69) is 23.9 Å². The highest BCUT2D eigenvalue weighted by Gasteiger charge is 2.37. The Morgan fingerprint density at radius 1 is 0.542 bits per heavy atom. The van der Waals surface area contributed by atoms with E-state index in [1.54, 1.807) is 0 Å². The van der Waals surface area contributed by atoms with Crippen LogP contribution in [0.4, 0.5) is 0 Å². The SMILES string of the molecule is CN1[C@@H]2CC[C@@H]1CC(N)C2.CN1[C@H]2CC[C@H]1CC(N)C2.Cl.Cl.Cl.Cl. The van der Waals surface area contributed by atoms with Gasteiger partial charge in [0, 0.05) is 36.3 Å². The van der Waals surface area contributed by atoms with Crippen molar-refractivity contribution in [3.63, 3.8) is 0 Å². The zero-order valence-corrected chi connectivity index (χ0v) is 18.1. The van der Waals surface area contributed by atoms with Crippen LogP contribution in [0.2, 0.25) is 0 Å². The molecule has 4 bridgehead atoms. The molecule has 0 aromatic rings. The van der Waals surface area contributed by atoms with Crippen LogP contribution in [0.3, 0.4) is 0 Å². The number of piperidine rings is 2. The maximum Gasteiger partial charge on any atom is 0.0110 e. The third-order valence-corrected chi connectivity index (χ3v) is 6.27. The summed E-state index contributed by atoms with van der Waals surface area (Å²) < 4.78 is 0. The fourth-order valence-electron chi connectivity index (χ4n) is 4.91. The lowest BCUT2D eigenvalue weighted by Crippen LogP contribution is -2.45. The molecule has 24 heavy (non-hydrogen) atoms. The third kappa shape index (κ3) is 6.02. The number of fused-ring (bicyclic) bond motifs is 4. The van der Waals surface area contributed by atoms with Gasteiger partial charge >= 0.3 is 0 Å². The lowest BCUT2D eigenvalue weighted by Gasteiger charge is -2.34. The van der Waals surface area contributed by atoms with Gasteiger partial charge in [0.2, 0.25) is 0 Å². The minimum absolute atomic E-state index is 0. The third-order valence-electron chi connectivity index (χ3n) is 6.27. The molecule has 4 N–H and O–H groups in total. The molecule has 0 unspecified atom stereocenters. The van der Waals surface area contributed by atoms with Crippen LogP contribution in [-0.2, 0) is 0 Å². The first-order valence-electron chi connectivity index (χ1n) is 8.49. The summed E-state index contributed by atoms with van der Waals surface area (Å²) in [5.41, 5.74) is 11.8. The van der Waals surface area contributed by atoms with Crippen LogP contribution in [0.25, 0.3) is 0 Å². The standard InChI is InChI=1S/2C8H16N2.4ClH/c2*1-10-7-2-3-8(10)5-6(9)4-7;;;;/h2*6-8H,2-5,9H2,1H3;4*1H/t2*7-,8-;;;;/m10..../s1. The topological polar surface area (TPSA) is 58.5 Å². The molecule has 0 radical (unpaired) electrons. The van der Waals surface area contributed by atoms with E-state index in [1.807, 2.05) is 0 Å². The van der Waals surface area contributed by atoms with Crippen molar-refractivity contribution >= 4 is 49.6 Å². The minimum Gasteiger partial charge on any atom is -0.328 e.